The van der Waals surface area contributed by atoms with Crippen LogP contribution in [0.25, 0.3) is 0 Å². The van der Waals surface area contributed by atoms with Gasteiger partial charge in [0.2, 0.25) is 5.91 Å². The fourth-order valence-corrected chi connectivity index (χ4v) is 2.70. The Balaban J connectivity index is 1.98. The number of nitrogens with one attached hydrogen (secondary N) is 2. The fourth-order valence-electron chi connectivity index (χ4n) is 2.70. The lowest BCUT2D eigenvalue weighted by atomic mass is 10.0. The van der Waals surface area contributed by atoms with Crippen molar-refractivity contribution in [3.05, 3.63) is 58.7 Å². The zero-order chi connectivity index (χ0) is 19.3. The van der Waals surface area contributed by atoms with Crippen LogP contribution in [0.5, 0.6) is 5.75 Å². The molecule has 0 unspecified atom stereocenters. The number of amides is 2. The first-order valence-electron chi connectivity index (χ1n) is 8.27. The molecular formula is C20H23N3O3. The number of anilines is 1. The van der Waals surface area contributed by atoms with E-state index < -0.39 is 5.91 Å². The van der Waals surface area contributed by atoms with E-state index in [1.54, 1.807) is 19.1 Å². The van der Waals surface area contributed by atoms with E-state index in [0.29, 0.717) is 5.71 Å². The minimum atomic E-state index is -0.534. The van der Waals surface area contributed by atoms with Crippen molar-refractivity contribution < 1.29 is 14.7 Å². The van der Waals surface area contributed by atoms with Crippen LogP contribution in [-0.2, 0) is 4.79 Å². The molecule has 0 aliphatic heterocycles. The lowest BCUT2D eigenvalue weighted by molar-refractivity contribution is -0.115. The Morgan fingerprint density at radius 2 is 1.69 bits per heavy atom. The van der Waals surface area contributed by atoms with Crippen molar-refractivity contribution in [3.63, 3.8) is 0 Å². The number of hydrazone groups is 1. The summed E-state index contributed by atoms with van der Waals surface area (Å²) < 4.78 is 0. The van der Waals surface area contributed by atoms with E-state index in [1.807, 2.05) is 32.9 Å². The van der Waals surface area contributed by atoms with Crippen molar-refractivity contribution in [1.29, 1.82) is 0 Å². The largest absolute Gasteiger partial charge is 0.507 e. The smallest absolute Gasteiger partial charge is 0.275 e. The standard InChI is InChI=1S/C20H23N3O3/c1-12-9-13(2)19(14(3)10-12)21-18(25)11-15(4)22-23-20(26)16-7-5-6-8-17(16)24/h5-10,24H,11H2,1-4H3,(H,21,25)(H,23,26). The van der Waals surface area contributed by atoms with Gasteiger partial charge in [-0.3, -0.25) is 9.59 Å². The van der Waals surface area contributed by atoms with Crippen LogP contribution in [0.2, 0.25) is 0 Å². The van der Waals surface area contributed by atoms with Gasteiger partial charge in [0.15, 0.2) is 0 Å². The third-order valence-corrected chi connectivity index (χ3v) is 3.85. The van der Waals surface area contributed by atoms with Gasteiger partial charge in [-0.2, -0.15) is 5.10 Å². The normalized spacial score (nSPS) is 11.2. The van der Waals surface area contributed by atoms with Crippen LogP contribution in [0.15, 0.2) is 41.5 Å². The van der Waals surface area contributed by atoms with E-state index in [-0.39, 0.29) is 23.6 Å². The molecule has 2 aromatic carbocycles. The van der Waals surface area contributed by atoms with Crippen LogP contribution in [0, 0.1) is 20.8 Å². The molecule has 0 spiro atoms. The molecule has 0 atom stereocenters. The van der Waals surface area contributed by atoms with Crippen molar-refractivity contribution in [2.45, 2.75) is 34.1 Å². The van der Waals surface area contributed by atoms with Crippen molar-refractivity contribution in [3.8, 4) is 5.75 Å². The van der Waals surface area contributed by atoms with Crippen LogP contribution in [-0.4, -0.2) is 22.6 Å². The summed E-state index contributed by atoms with van der Waals surface area (Å²) in [5.41, 5.74) is 6.86. The second kappa shape index (κ2) is 8.29. The van der Waals surface area contributed by atoms with Crippen molar-refractivity contribution >= 4 is 23.2 Å². The molecule has 0 fully saturated rings. The molecule has 6 heteroatoms. The van der Waals surface area contributed by atoms with Gasteiger partial charge in [-0.25, -0.2) is 5.43 Å². The number of hydrogen-bond donors (Lipinski definition) is 3. The van der Waals surface area contributed by atoms with Crippen LogP contribution in [0.4, 0.5) is 5.69 Å². The summed E-state index contributed by atoms with van der Waals surface area (Å²) in [6, 6.07) is 10.2. The third kappa shape index (κ3) is 4.92. The average Bonchev–Trinajstić information content (AvgIpc) is 2.56. The highest BCUT2D eigenvalue weighted by Gasteiger charge is 2.11. The number of nitrogens with zero attached hydrogens (tertiary/aromatic N) is 1. The predicted molar refractivity (Wildman–Crippen MR) is 103 cm³/mol. The molecule has 0 aliphatic carbocycles. The number of hydrogen-bond acceptors (Lipinski definition) is 4. The number of phenolic OH excluding ortho intramolecular Hbond substituents is 1. The minimum Gasteiger partial charge on any atom is -0.507 e. The van der Waals surface area contributed by atoms with Gasteiger partial charge in [0, 0.05) is 11.4 Å². The molecule has 0 aromatic heterocycles. The molecule has 0 saturated heterocycles. The first-order chi connectivity index (χ1) is 12.3. The quantitative estimate of drug-likeness (QED) is 0.568. The maximum Gasteiger partial charge on any atom is 0.275 e. The number of aryl methyl sites for hydroxylation is 3. The maximum absolute atomic E-state index is 12.2. The van der Waals surface area contributed by atoms with Crippen LogP contribution >= 0.6 is 0 Å². The lowest BCUT2D eigenvalue weighted by Crippen LogP contribution is -2.22. The number of benzene rings is 2. The van der Waals surface area contributed by atoms with E-state index in [9.17, 15) is 14.7 Å². The maximum atomic E-state index is 12.2. The van der Waals surface area contributed by atoms with Gasteiger partial charge in [0.1, 0.15) is 5.75 Å². The number of carbonyl (C=O) groups is 2. The zero-order valence-corrected chi connectivity index (χ0v) is 15.4. The Bertz CT molecular complexity index is 849. The van der Waals surface area contributed by atoms with E-state index in [4.69, 9.17) is 0 Å². The topological polar surface area (TPSA) is 90.8 Å². The average molecular weight is 353 g/mol. The van der Waals surface area contributed by atoms with Crippen LogP contribution in [0.3, 0.4) is 0 Å². The molecule has 0 saturated carbocycles. The van der Waals surface area contributed by atoms with E-state index in [1.165, 1.54) is 12.1 Å². The van der Waals surface area contributed by atoms with E-state index in [2.05, 4.69) is 15.8 Å². The highest BCUT2D eigenvalue weighted by Crippen LogP contribution is 2.22. The van der Waals surface area contributed by atoms with E-state index in [0.717, 1.165) is 22.4 Å². The number of aromatic hydroxyl groups is 1. The van der Waals surface area contributed by atoms with Crippen LogP contribution in [0.1, 0.15) is 40.4 Å². The Labute approximate surface area is 152 Å². The van der Waals surface area contributed by atoms with Gasteiger partial charge in [0.05, 0.1) is 12.0 Å². The Hall–Kier alpha value is -3.15. The molecule has 2 rings (SSSR count). The van der Waals surface area contributed by atoms with Gasteiger partial charge in [-0.1, -0.05) is 29.8 Å². The van der Waals surface area contributed by atoms with Gasteiger partial charge in [-0.05, 0) is 51.0 Å². The van der Waals surface area contributed by atoms with E-state index >= 15 is 0 Å². The van der Waals surface area contributed by atoms with Gasteiger partial charge >= 0.3 is 0 Å². The van der Waals surface area contributed by atoms with Crippen molar-refractivity contribution in [2.24, 2.45) is 5.10 Å². The second-order valence-electron chi connectivity index (χ2n) is 6.30. The molecule has 2 amide bonds. The number of para-hydroxylation sites is 1. The molecule has 0 radical (unpaired) electrons. The summed E-state index contributed by atoms with van der Waals surface area (Å²) in [5.74, 6) is -0.868. The fraction of sp³-hybridized carbons (Fsp3) is 0.250. The molecule has 2 aromatic rings. The third-order valence-electron chi connectivity index (χ3n) is 3.85. The molecule has 0 heterocycles. The number of rotatable bonds is 5. The summed E-state index contributed by atoms with van der Waals surface area (Å²) in [5, 5.41) is 16.5. The van der Waals surface area contributed by atoms with Crippen LogP contribution < -0.4 is 10.7 Å². The van der Waals surface area contributed by atoms with Gasteiger partial charge in [0.25, 0.3) is 5.91 Å². The predicted octanol–water partition coefficient (Wildman–Crippen LogP) is 3.45. The molecule has 0 bridgehead atoms. The Morgan fingerprint density at radius 1 is 1.08 bits per heavy atom. The molecule has 3 N–H and O–H groups in total. The lowest BCUT2D eigenvalue weighted by Gasteiger charge is -2.12. The molecule has 6 nitrogen and oxygen atoms in total. The summed E-state index contributed by atoms with van der Waals surface area (Å²) in [4.78, 5) is 24.2. The number of phenols is 1. The first kappa shape index (κ1) is 19.2. The minimum absolute atomic E-state index is 0.0494. The second-order valence-corrected chi connectivity index (χ2v) is 6.30. The zero-order valence-electron chi connectivity index (χ0n) is 15.4. The van der Waals surface area contributed by atoms with Crippen molar-refractivity contribution in [1.82, 2.24) is 5.43 Å². The highest BCUT2D eigenvalue weighted by molar-refractivity contribution is 6.06. The summed E-state index contributed by atoms with van der Waals surface area (Å²) in [6.07, 6.45) is 0.0494. The highest BCUT2D eigenvalue weighted by atomic mass is 16.3. The molecule has 0 aliphatic rings. The van der Waals surface area contributed by atoms with Gasteiger partial charge < -0.3 is 10.4 Å². The number of carbonyl (C=O) groups excluding carboxylic acids is 2. The summed E-state index contributed by atoms with van der Waals surface area (Å²) in [7, 11) is 0. The summed E-state index contributed by atoms with van der Waals surface area (Å²) >= 11 is 0. The van der Waals surface area contributed by atoms with Gasteiger partial charge in [-0.15, -0.1) is 0 Å². The molecular weight excluding hydrogens is 330 g/mol. The van der Waals surface area contributed by atoms with Crippen molar-refractivity contribution in [2.75, 3.05) is 5.32 Å². The summed E-state index contributed by atoms with van der Waals surface area (Å²) in [6.45, 7) is 7.56. The SMILES string of the molecule is CC(CC(=O)Nc1c(C)cc(C)cc1C)=NNC(=O)c1ccccc1O. The Kier molecular flexibility index (Phi) is 6.11. The monoisotopic (exact) mass is 353 g/mol. The Morgan fingerprint density at radius 3 is 2.31 bits per heavy atom. The molecule has 136 valence electrons. The molecule has 26 heavy (non-hydrogen) atoms. The first-order valence-corrected chi connectivity index (χ1v) is 8.27.